The van der Waals surface area contributed by atoms with Gasteiger partial charge >= 0.3 is 0 Å². The largest absolute Gasteiger partial charge is 0.486 e. The summed E-state index contributed by atoms with van der Waals surface area (Å²) in [4.78, 5) is 11.0. The van der Waals surface area contributed by atoms with Crippen molar-refractivity contribution in [1.82, 2.24) is 0 Å². The van der Waals surface area contributed by atoms with E-state index in [2.05, 4.69) is 0 Å². The summed E-state index contributed by atoms with van der Waals surface area (Å²) in [6.07, 6.45) is 0.701. The molecule has 5 heteroatoms. The number of hydrogen-bond acceptors (Lipinski definition) is 4. The maximum atomic E-state index is 11.0. The van der Waals surface area contributed by atoms with E-state index in [4.69, 9.17) is 26.8 Å². The molecule has 0 unspecified atom stereocenters. The van der Waals surface area contributed by atoms with Crippen molar-refractivity contribution in [3.63, 3.8) is 0 Å². The summed E-state index contributed by atoms with van der Waals surface area (Å²) in [6, 6.07) is 1.56. The van der Waals surface area contributed by atoms with E-state index in [0.29, 0.717) is 47.1 Å². The van der Waals surface area contributed by atoms with Crippen LogP contribution in [-0.4, -0.2) is 19.5 Å². The van der Waals surface area contributed by atoms with Gasteiger partial charge in [-0.1, -0.05) is 11.6 Å². The third-order valence-electron chi connectivity index (χ3n) is 2.56. The van der Waals surface area contributed by atoms with Gasteiger partial charge in [-0.15, -0.1) is 0 Å². The maximum absolute atomic E-state index is 11.0. The highest BCUT2D eigenvalue weighted by atomic mass is 35.5. The van der Waals surface area contributed by atoms with Gasteiger partial charge in [-0.2, -0.15) is 0 Å². The first kappa shape index (κ1) is 12.2. The predicted octanol–water partition coefficient (Wildman–Crippen LogP) is 2.12. The molecule has 0 spiro atoms. The Balaban J connectivity index is 2.72. The molecule has 92 valence electrons. The van der Waals surface area contributed by atoms with E-state index >= 15 is 0 Å². The number of benzene rings is 1. The molecule has 0 atom stereocenters. The molecule has 0 radical (unpaired) electrons. The van der Waals surface area contributed by atoms with Crippen molar-refractivity contribution in [2.45, 2.75) is 19.4 Å². The van der Waals surface area contributed by atoms with Gasteiger partial charge in [0.15, 0.2) is 17.8 Å². The lowest BCUT2D eigenvalue weighted by Gasteiger charge is -2.29. The van der Waals surface area contributed by atoms with Crippen molar-refractivity contribution in [2.75, 3.05) is 13.2 Å². The Morgan fingerprint density at radius 3 is 2.47 bits per heavy atom. The summed E-state index contributed by atoms with van der Waals surface area (Å²) >= 11 is 6.16. The second-order valence-electron chi connectivity index (χ2n) is 4.52. The minimum atomic E-state index is -0.663. The van der Waals surface area contributed by atoms with Gasteiger partial charge in [-0.3, -0.25) is 4.79 Å². The van der Waals surface area contributed by atoms with Crippen molar-refractivity contribution in [3.8, 4) is 11.5 Å². The summed E-state index contributed by atoms with van der Waals surface area (Å²) in [6.45, 7) is 4.49. The molecule has 2 N–H and O–H groups in total. The van der Waals surface area contributed by atoms with E-state index in [1.165, 1.54) is 0 Å². The Morgan fingerprint density at radius 2 is 1.94 bits per heavy atom. The topological polar surface area (TPSA) is 61.6 Å². The number of halogens is 1. The average molecular weight is 256 g/mol. The van der Waals surface area contributed by atoms with Gasteiger partial charge in [-0.25, -0.2) is 0 Å². The Bertz CT molecular complexity index is 466. The zero-order valence-electron chi connectivity index (χ0n) is 9.75. The van der Waals surface area contributed by atoms with Crippen LogP contribution in [-0.2, 0) is 5.54 Å². The number of nitrogens with two attached hydrogens (primary N) is 1. The van der Waals surface area contributed by atoms with Crippen LogP contribution in [0.3, 0.4) is 0 Å². The van der Waals surface area contributed by atoms with E-state index < -0.39 is 5.54 Å². The van der Waals surface area contributed by atoms with Gasteiger partial charge < -0.3 is 15.2 Å². The van der Waals surface area contributed by atoms with Crippen LogP contribution in [0.25, 0.3) is 0 Å². The molecule has 0 aromatic heterocycles. The number of hydrogen-bond donors (Lipinski definition) is 1. The Labute approximate surface area is 105 Å². The third kappa shape index (κ3) is 2.10. The predicted molar refractivity (Wildman–Crippen MR) is 65.0 cm³/mol. The lowest BCUT2D eigenvalue weighted by Crippen LogP contribution is -2.31. The molecule has 0 fully saturated rings. The van der Waals surface area contributed by atoms with Gasteiger partial charge in [-0.05, 0) is 19.9 Å². The van der Waals surface area contributed by atoms with Gasteiger partial charge in [0, 0.05) is 11.1 Å². The minimum absolute atomic E-state index is 0.387. The fraction of sp³-hybridized carbons (Fsp3) is 0.417. The van der Waals surface area contributed by atoms with Crippen LogP contribution in [0.1, 0.15) is 29.8 Å². The van der Waals surface area contributed by atoms with E-state index in [1.807, 2.05) is 13.8 Å². The number of rotatable bonds is 2. The van der Waals surface area contributed by atoms with E-state index in [1.54, 1.807) is 6.07 Å². The first-order valence-corrected chi connectivity index (χ1v) is 5.69. The number of carbonyl (C=O) groups is 1. The normalized spacial score (nSPS) is 14.6. The van der Waals surface area contributed by atoms with Gasteiger partial charge in [0.25, 0.3) is 0 Å². The molecular weight excluding hydrogens is 242 g/mol. The zero-order chi connectivity index (χ0) is 12.6. The average Bonchev–Trinajstić information content (AvgIpc) is 2.25. The van der Waals surface area contributed by atoms with Gasteiger partial charge in [0.1, 0.15) is 13.2 Å². The summed E-state index contributed by atoms with van der Waals surface area (Å²) in [5, 5.41) is 0.420. The maximum Gasteiger partial charge on any atom is 0.172 e. The first-order chi connectivity index (χ1) is 7.95. The van der Waals surface area contributed by atoms with Crippen LogP contribution < -0.4 is 15.2 Å². The quantitative estimate of drug-likeness (QED) is 0.823. The smallest absolute Gasteiger partial charge is 0.172 e. The molecule has 0 saturated heterocycles. The van der Waals surface area contributed by atoms with Crippen molar-refractivity contribution >= 4 is 17.9 Å². The second-order valence-corrected chi connectivity index (χ2v) is 4.92. The second kappa shape index (κ2) is 4.20. The fourth-order valence-corrected chi connectivity index (χ4v) is 2.34. The highest BCUT2D eigenvalue weighted by Gasteiger charge is 2.30. The van der Waals surface area contributed by atoms with Crippen LogP contribution >= 0.6 is 11.6 Å². The molecule has 17 heavy (non-hydrogen) atoms. The van der Waals surface area contributed by atoms with Crippen LogP contribution in [0.15, 0.2) is 6.07 Å². The molecule has 0 bridgehead atoms. The molecule has 1 aliphatic heterocycles. The Morgan fingerprint density at radius 1 is 1.35 bits per heavy atom. The molecule has 4 nitrogen and oxygen atoms in total. The van der Waals surface area contributed by atoms with E-state index in [0.717, 1.165) is 0 Å². The monoisotopic (exact) mass is 255 g/mol. The van der Waals surface area contributed by atoms with E-state index in [9.17, 15) is 4.79 Å². The SMILES string of the molecule is CC(C)(N)c1c(Cl)cc(C=O)c2c1OCCO2. The van der Waals surface area contributed by atoms with Crippen LogP contribution in [0.5, 0.6) is 11.5 Å². The van der Waals surface area contributed by atoms with Crippen molar-refractivity contribution < 1.29 is 14.3 Å². The molecule has 0 amide bonds. The Hall–Kier alpha value is -1.26. The summed E-state index contributed by atoms with van der Waals surface area (Å²) in [5.74, 6) is 0.919. The highest BCUT2D eigenvalue weighted by molar-refractivity contribution is 6.32. The molecule has 0 aliphatic carbocycles. The molecule has 1 heterocycles. The summed E-state index contributed by atoms with van der Waals surface area (Å²) in [5.41, 5.74) is 6.45. The third-order valence-corrected chi connectivity index (χ3v) is 2.86. The molecule has 0 saturated carbocycles. The zero-order valence-corrected chi connectivity index (χ0v) is 10.5. The number of fused-ring (bicyclic) bond motifs is 1. The molecule has 1 aliphatic rings. The van der Waals surface area contributed by atoms with Crippen molar-refractivity contribution in [3.05, 3.63) is 22.2 Å². The van der Waals surface area contributed by atoms with Gasteiger partial charge in [0.2, 0.25) is 0 Å². The van der Waals surface area contributed by atoms with E-state index in [-0.39, 0.29) is 0 Å². The molecule has 2 rings (SSSR count). The van der Waals surface area contributed by atoms with Crippen LogP contribution in [0.4, 0.5) is 0 Å². The lowest BCUT2D eigenvalue weighted by molar-refractivity contribution is 0.111. The lowest BCUT2D eigenvalue weighted by atomic mass is 9.92. The van der Waals surface area contributed by atoms with Crippen LogP contribution in [0, 0.1) is 0 Å². The number of ether oxygens (including phenoxy) is 2. The minimum Gasteiger partial charge on any atom is -0.486 e. The number of carbonyl (C=O) groups excluding carboxylic acids is 1. The summed E-state index contributed by atoms with van der Waals surface area (Å²) in [7, 11) is 0. The fourth-order valence-electron chi connectivity index (χ4n) is 1.89. The van der Waals surface area contributed by atoms with Gasteiger partial charge in [0.05, 0.1) is 10.6 Å². The van der Waals surface area contributed by atoms with Crippen molar-refractivity contribution in [1.29, 1.82) is 0 Å². The number of aldehydes is 1. The molecule has 1 aromatic rings. The Kier molecular flexibility index (Phi) is 3.02. The standard InChI is InChI=1S/C12H14ClNO3/c1-12(2,14)9-8(13)5-7(6-15)10-11(9)17-4-3-16-10/h5-6H,3-4,14H2,1-2H3. The van der Waals surface area contributed by atoms with Crippen molar-refractivity contribution in [2.24, 2.45) is 5.73 Å². The molecular formula is C12H14ClNO3. The summed E-state index contributed by atoms with van der Waals surface area (Å²) < 4.78 is 11.0. The highest BCUT2D eigenvalue weighted by Crippen LogP contribution is 2.44. The van der Waals surface area contributed by atoms with Crippen LogP contribution in [0.2, 0.25) is 5.02 Å². The molecule has 1 aromatic carbocycles. The first-order valence-electron chi connectivity index (χ1n) is 5.31.